The number of imidazole rings is 1. The highest BCUT2D eigenvalue weighted by Crippen LogP contribution is 1.96. The molecule has 0 spiro atoms. The summed E-state index contributed by atoms with van der Waals surface area (Å²) in [5.74, 6) is 0. The van der Waals surface area contributed by atoms with Crippen LogP contribution in [0.2, 0.25) is 0 Å². The Morgan fingerprint density at radius 1 is 1.54 bits per heavy atom. The van der Waals surface area contributed by atoms with E-state index in [1.54, 1.807) is 6.20 Å². The molecule has 0 radical (unpaired) electrons. The maximum atomic E-state index is 4.07. The Labute approximate surface area is 77.7 Å². The number of aromatic nitrogens is 3. The first-order valence-electron chi connectivity index (χ1n) is 4.71. The van der Waals surface area contributed by atoms with Gasteiger partial charge in [-0.05, 0) is 6.42 Å². The van der Waals surface area contributed by atoms with Gasteiger partial charge >= 0.3 is 0 Å². The molecule has 0 unspecified atom stereocenters. The van der Waals surface area contributed by atoms with E-state index in [0.29, 0.717) is 0 Å². The van der Waals surface area contributed by atoms with Gasteiger partial charge in [-0.15, -0.1) is 0 Å². The van der Waals surface area contributed by atoms with Crippen LogP contribution in [0.15, 0.2) is 31.1 Å². The van der Waals surface area contributed by atoms with E-state index < -0.39 is 0 Å². The summed E-state index contributed by atoms with van der Waals surface area (Å²) in [6.07, 6.45) is 12.3. The van der Waals surface area contributed by atoms with Gasteiger partial charge in [-0.3, -0.25) is 4.98 Å². The molecule has 2 aromatic rings. The molecule has 0 saturated heterocycles. The standard InChI is InChI=1S/C10H14N3/c1-2-3-5-12-8-10-7-11-4-6-13(10)9-12/h4,6-9H,2-3,5H2,1H3/q+1. The van der Waals surface area contributed by atoms with E-state index in [9.17, 15) is 0 Å². The first-order chi connectivity index (χ1) is 6.40. The maximum Gasteiger partial charge on any atom is 0.249 e. The zero-order valence-electron chi connectivity index (χ0n) is 7.85. The van der Waals surface area contributed by atoms with Crippen molar-refractivity contribution in [3.63, 3.8) is 0 Å². The van der Waals surface area contributed by atoms with Gasteiger partial charge in [-0.2, -0.15) is 4.40 Å². The van der Waals surface area contributed by atoms with Crippen molar-refractivity contribution in [3.8, 4) is 0 Å². The van der Waals surface area contributed by atoms with Crippen LogP contribution >= 0.6 is 0 Å². The van der Waals surface area contributed by atoms with E-state index in [1.165, 1.54) is 12.8 Å². The van der Waals surface area contributed by atoms with Gasteiger partial charge in [0, 0.05) is 0 Å². The lowest BCUT2D eigenvalue weighted by atomic mass is 10.3. The molecule has 0 saturated carbocycles. The highest BCUT2D eigenvalue weighted by molar-refractivity contribution is 5.38. The van der Waals surface area contributed by atoms with Crippen molar-refractivity contribution in [2.24, 2.45) is 0 Å². The van der Waals surface area contributed by atoms with Crippen molar-refractivity contribution < 1.29 is 4.57 Å². The van der Waals surface area contributed by atoms with Gasteiger partial charge in [-0.25, -0.2) is 4.57 Å². The number of fused-ring (bicyclic) bond motifs is 1. The molecule has 0 fully saturated rings. The largest absolute Gasteiger partial charge is 0.256 e. The van der Waals surface area contributed by atoms with Crippen LogP contribution in [0, 0.1) is 0 Å². The number of unbranched alkanes of at least 4 members (excludes halogenated alkanes) is 1. The summed E-state index contributed by atoms with van der Waals surface area (Å²) in [7, 11) is 0. The van der Waals surface area contributed by atoms with E-state index >= 15 is 0 Å². The third-order valence-corrected chi connectivity index (χ3v) is 2.16. The SMILES string of the molecule is CCCC[n+]1cc2cnccn2c1. The van der Waals surface area contributed by atoms with Crippen LogP contribution in [0.3, 0.4) is 0 Å². The van der Waals surface area contributed by atoms with Crippen LogP contribution in [0.5, 0.6) is 0 Å². The maximum absolute atomic E-state index is 4.07. The predicted octanol–water partition coefficient (Wildman–Crippen LogP) is 1.42. The molecule has 0 aliphatic carbocycles. The third kappa shape index (κ3) is 1.69. The quantitative estimate of drug-likeness (QED) is 0.648. The number of rotatable bonds is 3. The molecule has 13 heavy (non-hydrogen) atoms. The molecule has 3 nitrogen and oxygen atoms in total. The van der Waals surface area contributed by atoms with Crippen molar-refractivity contribution >= 4 is 5.52 Å². The number of hydrogen-bond donors (Lipinski definition) is 0. The summed E-state index contributed by atoms with van der Waals surface area (Å²) < 4.78 is 4.29. The van der Waals surface area contributed by atoms with Gasteiger partial charge in [0.2, 0.25) is 6.33 Å². The molecular formula is C10H14N3+. The van der Waals surface area contributed by atoms with Gasteiger partial charge < -0.3 is 0 Å². The first kappa shape index (κ1) is 8.23. The molecular weight excluding hydrogens is 162 g/mol. The monoisotopic (exact) mass is 176 g/mol. The second-order valence-corrected chi connectivity index (χ2v) is 3.24. The molecule has 0 N–H and O–H groups in total. The van der Waals surface area contributed by atoms with Crippen molar-refractivity contribution in [3.05, 3.63) is 31.1 Å². The predicted molar refractivity (Wildman–Crippen MR) is 50.3 cm³/mol. The lowest BCUT2D eigenvalue weighted by molar-refractivity contribution is -0.695. The third-order valence-electron chi connectivity index (χ3n) is 2.16. The lowest BCUT2D eigenvalue weighted by Crippen LogP contribution is -2.30. The summed E-state index contributed by atoms with van der Waals surface area (Å²) in [5, 5.41) is 0. The Morgan fingerprint density at radius 3 is 3.23 bits per heavy atom. The Balaban J connectivity index is 2.28. The zero-order valence-corrected chi connectivity index (χ0v) is 7.85. The summed E-state index contributed by atoms with van der Waals surface area (Å²) in [4.78, 5) is 4.07. The van der Waals surface area contributed by atoms with Crippen LogP contribution in [0.4, 0.5) is 0 Å². The lowest BCUT2D eigenvalue weighted by Gasteiger charge is -1.90. The Bertz CT molecular complexity index is 359. The summed E-state index contributed by atoms with van der Waals surface area (Å²) in [5.41, 5.74) is 1.15. The molecule has 0 bridgehead atoms. The minimum absolute atomic E-state index is 1.10. The summed E-state index contributed by atoms with van der Waals surface area (Å²) in [6.45, 7) is 3.30. The van der Waals surface area contributed by atoms with Crippen LogP contribution in [-0.4, -0.2) is 9.38 Å². The molecule has 68 valence electrons. The van der Waals surface area contributed by atoms with Crippen LogP contribution in [0.1, 0.15) is 19.8 Å². The number of hydrogen-bond acceptors (Lipinski definition) is 1. The average molecular weight is 176 g/mol. The zero-order chi connectivity index (χ0) is 9.10. The summed E-state index contributed by atoms with van der Waals surface area (Å²) >= 11 is 0. The smallest absolute Gasteiger partial charge is 0.249 e. The van der Waals surface area contributed by atoms with Gasteiger partial charge in [0.25, 0.3) is 0 Å². The van der Waals surface area contributed by atoms with Crippen LogP contribution in [0.25, 0.3) is 5.52 Å². The van der Waals surface area contributed by atoms with Gasteiger partial charge in [0.1, 0.15) is 12.4 Å². The molecule has 2 aromatic heterocycles. The molecule has 0 aromatic carbocycles. The average Bonchev–Trinajstić information content (AvgIpc) is 2.57. The fourth-order valence-electron chi connectivity index (χ4n) is 1.41. The number of nitrogens with zero attached hydrogens (tertiary/aromatic N) is 3. The molecule has 0 amide bonds. The second kappa shape index (κ2) is 3.56. The van der Waals surface area contributed by atoms with E-state index in [0.717, 1.165) is 12.1 Å². The Hall–Kier alpha value is -1.38. The van der Waals surface area contributed by atoms with Crippen LogP contribution in [-0.2, 0) is 6.54 Å². The van der Waals surface area contributed by atoms with E-state index in [-0.39, 0.29) is 0 Å². The molecule has 2 heterocycles. The summed E-state index contributed by atoms with van der Waals surface area (Å²) in [6, 6.07) is 0. The van der Waals surface area contributed by atoms with E-state index in [4.69, 9.17) is 0 Å². The van der Waals surface area contributed by atoms with Crippen molar-refractivity contribution in [2.45, 2.75) is 26.3 Å². The highest BCUT2D eigenvalue weighted by atomic mass is 15.1. The molecule has 2 rings (SSSR count). The van der Waals surface area contributed by atoms with Crippen LogP contribution < -0.4 is 4.57 Å². The second-order valence-electron chi connectivity index (χ2n) is 3.24. The van der Waals surface area contributed by atoms with Gasteiger partial charge in [0.05, 0.1) is 18.9 Å². The van der Waals surface area contributed by atoms with E-state index in [1.807, 2.05) is 12.4 Å². The Kier molecular flexibility index (Phi) is 2.25. The molecule has 3 heteroatoms. The van der Waals surface area contributed by atoms with Crippen molar-refractivity contribution in [1.29, 1.82) is 0 Å². The molecule has 0 aliphatic heterocycles. The fourth-order valence-corrected chi connectivity index (χ4v) is 1.41. The minimum Gasteiger partial charge on any atom is -0.256 e. The Morgan fingerprint density at radius 2 is 2.46 bits per heavy atom. The molecule has 0 aliphatic rings. The first-order valence-corrected chi connectivity index (χ1v) is 4.71. The topological polar surface area (TPSA) is 21.2 Å². The minimum atomic E-state index is 1.10. The normalized spacial score (nSPS) is 10.8. The van der Waals surface area contributed by atoms with Gasteiger partial charge in [0.15, 0.2) is 5.52 Å². The van der Waals surface area contributed by atoms with Crippen molar-refractivity contribution in [1.82, 2.24) is 9.38 Å². The van der Waals surface area contributed by atoms with E-state index in [2.05, 4.69) is 33.4 Å². The fraction of sp³-hybridized carbons (Fsp3) is 0.400. The van der Waals surface area contributed by atoms with Gasteiger partial charge in [-0.1, -0.05) is 13.3 Å². The van der Waals surface area contributed by atoms with Crippen molar-refractivity contribution in [2.75, 3.05) is 0 Å². The number of aryl methyl sites for hydroxylation is 1. The molecule has 0 atom stereocenters. The highest BCUT2D eigenvalue weighted by Gasteiger charge is 2.03.